The molecule has 8 aliphatic heterocycles. The molecule has 7 aliphatic carbocycles. The second-order valence-electron chi connectivity index (χ2n) is 46.0. The van der Waals surface area contributed by atoms with E-state index in [0.29, 0.717) is 24.2 Å². The number of hydrogen-bond donors (Lipinski definition) is 0. The van der Waals surface area contributed by atoms with E-state index in [2.05, 4.69) is 336 Å². The van der Waals surface area contributed by atoms with E-state index in [-0.39, 0.29) is 67.0 Å². The van der Waals surface area contributed by atoms with Crippen LogP contribution in [0.15, 0.2) is 208 Å². The number of rotatable bonds is 4. The van der Waals surface area contributed by atoms with Crippen LogP contribution in [0.25, 0.3) is 0 Å². The van der Waals surface area contributed by atoms with Gasteiger partial charge in [0.1, 0.15) is 6.33 Å². The van der Waals surface area contributed by atoms with Crippen molar-refractivity contribution in [3.8, 4) is 0 Å². The predicted molar refractivity (Wildman–Crippen MR) is 557 cm³/mol. The van der Waals surface area contributed by atoms with E-state index < -0.39 is 0 Å². The number of hydrogen-bond acceptors (Lipinski definition) is 18. The maximum Gasteiger partial charge on any atom is 0.115 e. The van der Waals surface area contributed by atoms with Crippen LogP contribution < -0.4 is 29.4 Å². The van der Waals surface area contributed by atoms with E-state index in [0.717, 1.165) is 46.4 Å². The zero-order chi connectivity index (χ0) is 96.5. The van der Waals surface area contributed by atoms with Crippen molar-refractivity contribution in [3.63, 3.8) is 0 Å². The van der Waals surface area contributed by atoms with Gasteiger partial charge in [-0.2, -0.15) is 0 Å². The predicted octanol–water partition coefficient (Wildman–Crippen LogP) is 27.6. The van der Waals surface area contributed by atoms with Crippen LogP contribution in [0.5, 0.6) is 0 Å². The SMILES string of the molecule is Cc1cccc2c1N1C(C)c3nccnc3C1(C)C(C)(C)C2(C)C.Cc1cccc2c1N1C(C)c3nccnc3C1(C)C(C)(C)C2(C)C.Cc1ccccc1N1C(C)c2nccnc2C12C1CC3CC(C1)CC2C3.Cc1ccccc1N1C(C)c2nccnc2C12CCCC2.Cc1ccccc1N1C(C)c2nccnc2C12CCCCC2.Cc1ccccc1N1C(C)c2ncncc2C12CCCC2. The highest BCUT2D eigenvalue weighted by molar-refractivity contribution is 5.74. The summed E-state index contributed by atoms with van der Waals surface area (Å²) in [6.45, 7) is 50.9. The molecule has 4 spiro atoms. The molecule has 15 aliphatic rings. The lowest BCUT2D eigenvalue weighted by Crippen LogP contribution is -2.62. The second-order valence-corrected chi connectivity index (χ2v) is 46.0. The van der Waals surface area contributed by atoms with Crippen LogP contribution in [-0.4, -0.2) is 59.8 Å². The van der Waals surface area contributed by atoms with E-state index in [1.807, 2.05) is 62.0 Å². The first-order valence-corrected chi connectivity index (χ1v) is 52.3. The van der Waals surface area contributed by atoms with E-state index in [1.165, 1.54) is 240 Å². The monoisotopic (exact) mass is 1840 g/mol. The molecular formula is C120H146N18. The van der Waals surface area contributed by atoms with Gasteiger partial charge in [0.25, 0.3) is 0 Å². The van der Waals surface area contributed by atoms with Crippen molar-refractivity contribution < 1.29 is 0 Å². The molecule has 7 saturated carbocycles. The van der Waals surface area contributed by atoms with Crippen LogP contribution >= 0.6 is 0 Å². The number of aryl methyl sites for hydroxylation is 6. The van der Waals surface area contributed by atoms with Crippen molar-refractivity contribution in [3.05, 3.63) is 321 Å². The van der Waals surface area contributed by atoms with Crippen LogP contribution in [0.3, 0.4) is 0 Å². The molecule has 4 bridgehead atoms. The quantitative estimate of drug-likeness (QED) is 0.163. The highest BCUT2D eigenvalue weighted by atomic mass is 15.3. The van der Waals surface area contributed by atoms with Crippen molar-refractivity contribution in [2.24, 2.45) is 34.5 Å². The Hall–Kier alpha value is -11.4. The van der Waals surface area contributed by atoms with Gasteiger partial charge in [0.15, 0.2) is 0 Å². The third kappa shape index (κ3) is 13.3. The summed E-state index contributed by atoms with van der Waals surface area (Å²) in [4.78, 5) is 72.6. The minimum absolute atomic E-state index is 0.00363. The fourth-order valence-corrected chi connectivity index (χ4v) is 30.9. The van der Waals surface area contributed by atoms with Crippen molar-refractivity contribution >= 4 is 34.1 Å². The van der Waals surface area contributed by atoms with Crippen molar-refractivity contribution in [2.45, 2.75) is 348 Å². The number of benzene rings is 6. The first-order valence-electron chi connectivity index (χ1n) is 52.3. The summed E-state index contributed by atoms with van der Waals surface area (Å²) < 4.78 is 0. The standard InChI is InChI=1S/C23H27N3.2C21H27N3.C19H23N3.2C18H21N3/c1-14-5-3-4-6-20(14)26-15(2)21-22(25-8-7-24-21)23(26)18-10-16-9-17(12-18)13-19(23)11-16;2*1-13-9-8-10-15-17(13)24-14(2)16-18(23-12-11-22-16)21(24,7)20(5,6)19(15,3)4;1-14-8-4-5-9-16(14)22-15(2)17-18(21-13-12-20-17)19(22)10-6-3-7-11-19;1-13-7-3-4-8-16(13)21-14(2)17-15(11-19-12-20-17)18(21)9-5-6-10-18;1-13-7-3-4-8-15(13)21-14(2)16-17(20-12-11-19-16)18(21)9-5-6-10-18/h3-8,15-19H,9-13H2,1-2H3;2*8-12,14H,1-7H3;4-5,8-9,12-13,15H,3,6-7,10-11H2,1-2H3;2*3-4,7-8,11-12,14H,5-6,9-10H2,1-2H3. The molecule has 27 rings (SSSR count). The van der Waals surface area contributed by atoms with Crippen LogP contribution in [0.2, 0.25) is 0 Å². The van der Waals surface area contributed by atoms with Crippen molar-refractivity contribution in [2.75, 3.05) is 29.4 Å². The number of fused-ring (bicyclic) bond motifs is 17. The molecule has 7 fully saturated rings. The van der Waals surface area contributed by atoms with Gasteiger partial charge in [-0.05, 0) is 271 Å². The van der Waals surface area contributed by atoms with Crippen LogP contribution in [0.1, 0.15) is 375 Å². The molecular weight excluding hydrogens is 1690 g/mol. The van der Waals surface area contributed by atoms with E-state index in [9.17, 15) is 0 Å². The lowest BCUT2D eigenvalue weighted by molar-refractivity contribution is -0.0619. The maximum atomic E-state index is 5.01. The van der Waals surface area contributed by atoms with Gasteiger partial charge < -0.3 is 29.4 Å². The van der Waals surface area contributed by atoms with Gasteiger partial charge in [0.05, 0.1) is 132 Å². The summed E-state index contributed by atoms with van der Waals surface area (Å²) in [7, 11) is 0. The Balaban J connectivity index is 0.0000000988. The molecule has 14 heterocycles. The molecule has 8 atom stereocenters. The normalized spacial score (nSPS) is 28.1. The van der Waals surface area contributed by atoms with Gasteiger partial charge >= 0.3 is 0 Å². The van der Waals surface area contributed by atoms with E-state index >= 15 is 0 Å². The number of anilines is 6. The molecule has 6 aromatic heterocycles. The molecule has 12 aromatic rings. The largest absolute Gasteiger partial charge is 0.353 e. The van der Waals surface area contributed by atoms with Gasteiger partial charge in [0, 0.05) is 119 Å². The summed E-state index contributed by atoms with van der Waals surface area (Å²) in [5, 5.41) is 0. The number of aromatic nitrogens is 12. The molecule has 0 amide bonds. The molecule has 0 radical (unpaired) electrons. The van der Waals surface area contributed by atoms with E-state index in [4.69, 9.17) is 44.9 Å². The lowest BCUT2D eigenvalue weighted by atomic mass is 9.47. The summed E-state index contributed by atoms with van der Waals surface area (Å²) in [5.74, 6) is 3.38. The van der Waals surface area contributed by atoms with Gasteiger partial charge in [-0.3, -0.25) is 49.8 Å². The Labute approximate surface area is 821 Å². The molecule has 18 nitrogen and oxygen atoms in total. The molecule has 138 heavy (non-hydrogen) atoms. The second kappa shape index (κ2) is 34.3. The smallest absolute Gasteiger partial charge is 0.115 e. The first-order chi connectivity index (χ1) is 66.2. The average molecular weight is 1840 g/mol. The van der Waals surface area contributed by atoms with Gasteiger partial charge in [-0.1, -0.05) is 210 Å². The molecule has 0 N–H and O–H groups in total. The Bertz CT molecular complexity index is 6320. The fraction of sp³-hybridized carbons (Fsp3) is 0.500. The van der Waals surface area contributed by atoms with Crippen molar-refractivity contribution in [1.29, 1.82) is 0 Å². The first kappa shape index (κ1) is 92.9. The zero-order valence-electron chi connectivity index (χ0n) is 86.2. The van der Waals surface area contributed by atoms with Crippen molar-refractivity contribution in [1.82, 2.24) is 59.8 Å². The topological polar surface area (TPSA) is 174 Å². The lowest BCUT2D eigenvalue weighted by Gasteiger charge is -2.63. The van der Waals surface area contributed by atoms with Crippen LogP contribution in [0.4, 0.5) is 34.1 Å². The summed E-state index contributed by atoms with van der Waals surface area (Å²) >= 11 is 0. The number of nitrogens with zero attached hydrogens (tertiary/aromatic N) is 18. The van der Waals surface area contributed by atoms with Crippen LogP contribution in [-0.2, 0) is 44.1 Å². The van der Waals surface area contributed by atoms with Gasteiger partial charge in [-0.25, -0.2) is 9.97 Å². The Morgan fingerprint density at radius 1 is 0.261 bits per heavy atom. The highest BCUT2D eigenvalue weighted by Crippen LogP contribution is 2.72. The van der Waals surface area contributed by atoms with Gasteiger partial charge in [-0.15, -0.1) is 0 Å². The summed E-state index contributed by atoms with van der Waals surface area (Å²) in [6.07, 6.45) is 45.6. The third-order valence-corrected chi connectivity index (χ3v) is 38.8. The minimum Gasteiger partial charge on any atom is -0.353 e. The molecule has 716 valence electrons. The summed E-state index contributed by atoms with van der Waals surface area (Å²) in [6, 6.07) is 50.2. The number of para-hydroxylation sites is 6. The van der Waals surface area contributed by atoms with Crippen LogP contribution in [0, 0.1) is 76.0 Å². The maximum absolute atomic E-state index is 5.01. The Kier molecular flexibility index (Phi) is 23.1. The Morgan fingerprint density at radius 3 is 0.935 bits per heavy atom. The molecule has 6 aromatic carbocycles. The Morgan fingerprint density at radius 2 is 0.551 bits per heavy atom. The minimum atomic E-state index is -0.182. The van der Waals surface area contributed by atoms with Gasteiger partial charge in [0.2, 0.25) is 0 Å². The average Bonchev–Trinajstić information content (AvgIpc) is 1.50. The molecule has 18 heteroatoms. The molecule has 8 unspecified atom stereocenters. The highest BCUT2D eigenvalue weighted by Gasteiger charge is 2.70. The summed E-state index contributed by atoms with van der Waals surface area (Å²) in [5.41, 5.74) is 33.5. The third-order valence-electron chi connectivity index (χ3n) is 38.8. The molecule has 0 saturated heterocycles. The van der Waals surface area contributed by atoms with E-state index in [1.54, 1.807) is 6.33 Å². The zero-order valence-corrected chi connectivity index (χ0v) is 86.2. The fourth-order valence-electron chi connectivity index (χ4n) is 30.9.